The van der Waals surface area contributed by atoms with Gasteiger partial charge in [-0.15, -0.1) is 0 Å². The van der Waals surface area contributed by atoms with Gasteiger partial charge >= 0.3 is 5.97 Å². The molecule has 21 heavy (non-hydrogen) atoms. The zero-order valence-corrected chi connectivity index (χ0v) is 12.1. The summed E-state index contributed by atoms with van der Waals surface area (Å²) in [5, 5.41) is 11.7. The number of amides is 1. The highest BCUT2D eigenvalue weighted by Crippen LogP contribution is 2.19. The number of ether oxygens (including phenoxy) is 1. The summed E-state index contributed by atoms with van der Waals surface area (Å²) in [5.74, 6) is -0.879. The lowest BCUT2D eigenvalue weighted by molar-refractivity contribution is -0.140. The number of carboxylic acids is 1. The van der Waals surface area contributed by atoms with Crippen molar-refractivity contribution in [2.45, 2.75) is 32.4 Å². The average Bonchev–Trinajstić information content (AvgIpc) is 2.87. The molecule has 1 aliphatic rings. The Hall–Kier alpha value is -2.30. The molecule has 1 aromatic rings. The van der Waals surface area contributed by atoms with Gasteiger partial charge in [-0.1, -0.05) is 12.2 Å². The van der Waals surface area contributed by atoms with Gasteiger partial charge in [0.1, 0.15) is 5.75 Å². The van der Waals surface area contributed by atoms with Gasteiger partial charge in [0.15, 0.2) is 0 Å². The topological polar surface area (TPSA) is 75.6 Å². The van der Waals surface area contributed by atoms with E-state index in [0.717, 1.165) is 0 Å². The number of carbonyl (C=O) groups excluding carboxylic acids is 1. The molecule has 0 bridgehead atoms. The van der Waals surface area contributed by atoms with Gasteiger partial charge in [-0.3, -0.25) is 9.59 Å². The molecule has 0 fully saturated rings. The Morgan fingerprint density at radius 1 is 1.24 bits per heavy atom. The first kappa shape index (κ1) is 15.1. The fraction of sp³-hybridized carbons (Fsp3) is 0.375. The number of carbonyl (C=O) groups is 2. The quantitative estimate of drug-likeness (QED) is 0.815. The van der Waals surface area contributed by atoms with Gasteiger partial charge in [-0.2, -0.15) is 0 Å². The van der Waals surface area contributed by atoms with Crippen LogP contribution in [0.5, 0.6) is 5.75 Å². The van der Waals surface area contributed by atoms with E-state index in [0.29, 0.717) is 17.7 Å². The van der Waals surface area contributed by atoms with Crippen molar-refractivity contribution in [2.24, 2.45) is 5.92 Å². The van der Waals surface area contributed by atoms with E-state index < -0.39 is 11.9 Å². The highest BCUT2D eigenvalue weighted by molar-refractivity contribution is 5.94. The molecule has 0 aromatic heterocycles. The summed E-state index contributed by atoms with van der Waals surface area (Å²) < 4.78 is 5.51. The zero-order valence-electron chi connectivity index (χ0n) is 12.1. The van der Waals surface area contributed by atoms with Gasteiger partial charge in [0.25, 0.3) is 5.91 Å². The summed E-state index contributed by atoms with van der Waals surface area (Å²) in [6.45, 7) is 3.87. The predicted octanol–water partition coefficient (Wildman–Crippen LogP) is 2.23. The lowest BCUT2D eigenvalue weighted by Gasteiger charge is -2.13. The molecule has 2 atom stereocenters. The Labute approximate surface area is 123 Å². The Morgan fingerprint density at radius 2 is 1.90 bits per heavy atom. The molecule has 1 aliphatic carbocycles. The third kappa shape index (κ3) is 4.08. The number of rotatable bonds is 5. The highest BCUT2D eigenvalue weighted by Gasteiger charge is 2.25. The fourth-order valence-corrected chi connectivity index (χ4v) is 2.20. The maximum absolute atomic E-state index is 12.1. The number of carboxylic acid groups (broad SMARTS) is 1. The molecular weight excluding hydrogens is 270 g/mol. The van der Waals surface area contributed by atoms with E-state index in [9.17, 15) is 9.59 Å². The normalized spacial score (nSPS) is 20.5. The molecule has 0 spiro atoms. The molecule has 0 aliphatic heterocycles. The fourth-order valence-electron chi connectivity index (χ4n) is 2.20. The molecule has 0 heterocycles. The van der Waals surface area contributed by atoms with Crippen LogP contribution in [0, 0.1) is 5.92 Å². The maximum atomic E-state index is 12.1. The molecule has 112 valence electrons. The zero-order chi connectivity index (χ0) is 15.4. The molecule has 2 unspecified atom stereocenters. The van der Waals surface area contributed by atoms with E-state index in [-0.39, 0.29) is 18.1 Å². The van der Waals surface area contributed by atoms with Crippen LogP contribution in [-0.2, 0) is 4.79 Å². The van der Waals surface area contributed by atoms with Crippen molar-refractivity contribution in [1.29, 1.82) is 0 Å². The number of aliphatic carboxylic acids is 1. The van der Waals surface area contributed by atoms with Gasteiger partial charge in [0.05, 0.1) is 12.0 Å². The molecule has 2 N–H and O–H groups in total. The van der Waals surface area contributed by atoms with Crippen LogP contribution in [0.15, 0.2) is 36.4 Å². The van der Waals surface area contributed by atoms with E-state index in [2.05, 4.69) is 5.32 Å². The van der Waals surface area contributed by atoms with Crippen molar-refractivity contribution in [3.8, 4) is 5.75 Å². The SMILES string of the molecule is CC(C)Oc1ccc(C(=O)NC2C=CC(C(=O)O)C2)cc1. The van der Waals surface area contributed by atoms with Crippen molar-refractivity contribution in [1.82, 2.24) is 5.32 Å². The smallest absolute Gasteiger partial charge is 0.310 e. The Balaban J connectivity index is 1.92. The summed E-state index contributed by atoms with van der Waals surface area (Å²) in [6.07, 6.45) is 3.83. The van der Waals surface area contributed by atoms with Crippen molar-refractivity contribution >= 4 is 11.9 Å². The molecule has 5 heteroatoms. The number of benzene rings is 1. The van der Waals surface area contributed by atoms with Gasteiger partial charge in [0, 0.05) is 11.6 Å². The van der Waals surface area contributed by atoms with Crippen LogP contribution >= 0.6 is 0 Å². The second-order valence-corrected chi connectivity index (χ2v) is 5.34. The van der Waals surface area contributed by atoms with E-state index >= 15 is 0 Å². The van der Waals surface area contributed by atoms with Crippen LogP contribution in [0.3, 0.4) is 0 Å². The third-order valence-electron chi connectivity index (χ3n) is 3.21. The maximum Gasteiger partial charge on any atom is 0.310 e. The molecule has 2 rings (SSSR count). The largest absolute Gasteiger partial charge is 0.491 e. The van der Waals surface area contributed by atoms with Gasteiger partial charge in [-0.05, 0) is 44.5 Å². The molecule has 0 radical (unpaired) electrons. The minimum atomic E-state index is -0.863. The van der Waals surface area contributed by atoms with E-state index in [1.807, 2.05) is 13.8 Å². The van der Waals surface area contributed by atoms with Gasteiger partial charge in [0.2, 0.25) is 0 Å². The van der Waals surface area contributed by atoms with Gasteiger partial charge < -0.3 is 15.2 Å². The second-order valence-electron chi connectivity index (χ2n) is 5.34. The summed E-state index contributed by atoms with van der Waals surface area (Å²) in [4.78, 5) is 22.9. The molecule has 5 nitrogen and oxygen atoms in total. The monoisotopic (exact) mass is 289 g/mol. The summed E-state index contributed by atoms with van der Waals surface area (Å²) in [7, 11) is 0. The first-order valence-electron chi connectivity index (χ1n) is 6.94. The van der Waals surface area contributed by atoms with Crippen LogP contribution in [-0.4, -0.2) is 29.1 Å². The van der Waals surface area contributed by atoms with Crippen molar-refractivity contribution in [2.75, 3.05) is 0 Å². The molecule has 1 aromatic carbocycles. The van der Waals surface area contributed by atoms with Crippen molar-refractivity contribution in [3.05, 3.63) is 42.0 Å². The Kier molecular flexibility index (Phi) is 4.62. The van der Waals surface area contributed by atoms with Crippen LogP contribution in [0.2, 0.25) is 0 Å². The van der Waals surface area contributed by atoms with Gasteiger partial charge in [-0.25, -0.2) is 0 Å². The minimum absolute atomic E-state index is 0.0845. The van der Waals surface area contributed by atoms with E-state index in [1.165, 1.54) is 0 Å². The average molecular weight is 289 g/mol. The molecular formula is C16H19NO4. The molecule has 0 saturated carbocycles. The van der Waals surface area contributed by atoms with E-state index in [4.69, 9.17) is 9.84 Å². The molecule has 0 saturated heterocycles. The minimum Gasteiger partial charge on any atom is -0.491 e. The Morgan fingerprint density at radius 3 is 2.43 bits per heavy atom. The predicted molar refractivity (Wildman–Crippen MR) is 78.3 cm³/mol. The van der Waals surface area contributed by atoms with E-state index in [1.54, 1.807) is 36.4 Å². The number of hydrogen-bond donors (Lipinski definition) is 2. The van der Waals surface area contributed by atoms with Crippen LogP contribution < -0.4 is 10.1 Å². The standard InChI is InChI=1S/C16H19NO4/c1-10(2)21-14-7-4-11(5-8-14)15(18)17-13-6-3-12(9-13)16(19)20/h3-8,10,12-13H,9H2,1-2H3,(H,17,18)(H,19,20). The van der Waals surface area contributed by atoms with Crippen molar-refractivity contribution < 1.29 is 19.4 Å². The van der Waals surface area contributed by atoms with Crippen LogP contribution in [0.1, 0.15) is 30.6 Å². The highest BCUT2D eigenvalue weighted by atomic mass is 16.5. The molecule has 1 amide bonds. The third-order valence-corrected chi connectivity index (χ3v) is 3.21. The summed E-state index contributed by atoms with van der Waals surface area (Å²) in [5.41, 5.74) is 0.526. The van der Waals surface area contributed by atoms with Crippen molar-refractivity contribution in [3.63, 3.8) is 0 Å². The number of nitrogens with one attached hydrogen (secondary N) is 1. The second kappa shape index (κ2) is 6.43. The number of hydrogen-bond acceptors (Lipinski definition) is 3. The van der Waals surface area contributed by atoms with Crippen LogP contribution in [0.4, 0.5) is 0 Å². The van der Waals surface area contributed by atoms with Crippen LogP contribution in [0.25, 0.3) is 0 Å². The first-order chi connectivity index (χ1) is 9.95. The summed E-state index contributed by atoms with van der Waals surface area (Å²) in [6, 6.07) is 6.66. The Bertz CT molecular complexity index is 548. The first-order valence-corrected chi connectivity index (χ1v) is 6.94. The lowest BCUT2D eigenvalue weighted by Crippen LogP contribution is -2.33. The lowest BCUT2D eigenvalue weighted by atomic mass is 10.1. The summed E-state index contributed by atoms with van der Waals surface area (Å²) >= 11 is 0.